The predicted octanol–water partition coefficient (Wildman–Crippen LogP) is 0.641. The fraction of sp³-hybridized carbons (Fsp3) is 0. The molecule has 9 nitrogen and oxygen atoms in total. The van der Waals surface area contributed by atoms with Crippen LogP contribution in [0.2, 0.25) is 0 Å². The van der Waals surface area contributed by atoms with Gasteiger partial charge in [0.15, 0.2) is 0 Å². The molecule has 0 amide bonds. The van der Waals surface area contributed by atoms with Crippen molar-refractivity contribution < 1.29 is 39.6 Å². The number of aromatic carboxylic acids is 4. The second-order valence-corrected chi connectivity index (χ2v) is 3.17. The van der Waals surface area contributed by atoms with Gasteiger partial charge >= 0.3 is 23.9 Å². The molecule has 9 heteroatoms. The summed E-state index contributed by atoms with van der Waals surface area (Å²) >= 11 is 0. The van der Waals surface area contributed by atoms with Gasteiger partial charge in [0, 0.05) is 0 Å². The summed E-state index contributed by atoms with van der Waals surface area (Å²) in [4.78, 5) is 43.2. The summed E-state index contributed by atoms with van der Waals surface area (Å²) < 4.78 is 0. The second kappa shape index (κ2) is 5.60. The number of benzene rings is 1. The number of hydrogen-bond acceptors (Lipinski definition) is 5. The lowest BCUT2D eigenvalue weighted by molar-refractivity contribution is 0.0631. The zero-order valence-electron chi connectivity index (χ0n) is 9.28. The smallest absolute Gasteiger partial charge is 0.337 e. The number of rotatable bonds is 4. The Hall–Kier alpha value is -2.94. The first-order valence-electron chi connectivity index (χ1n) is 4.37. The molecule has 0 heterocycles. The van der Waals surface area contributed by atoms with E-state index in [4.69, 9.17) is 20.4 Å². The van der Waals surface area contributed by atoms with Crippen molar-refractivity contribution in [1.29, 1.82) is 0 Å². The third kappa shape index (κ3) is 3.04. The van der Waals surface area contributed by atoms with Gasteiger partial charge in [-0.3, -0.25) is 0 Å². The first-order valence-corrected chi connectivity index (χ1v) is 4.37. The largest absolute Gasteiger partial charge is 0.478 e. The minimum absolute atomic E-state index is 0. The molecule has 0 aliphatic heterocycles. The SMILES string of the molecule is N.O=C(O)c1cc(C(=O)O)c(C(=O)O)c(C(=O)O)c1. The van der Waals surface area contributed by atoms with Crippen molar-refractivity contribution in [3.8, 4) is 0 Å². The van der Waals surface area contributed by atoms with Crippen molar-refractivity contribution in [3.05, 3.63) is 34.4 Å². The maximum Gasteiger partial charge on any atom is 0.337 e. The standard InChI is InChI=1S/C10H6O8.H3N/c11-7(12)3-1-4(8(13)14)6(10(17)18)5(2-3)9(15)16;/h1-2H,(H,11,12)(H,13,14)(H,15,16)(H,17,18);1H3. The highest BCUT2D eigenvalue weighted by molar-refractivity contribution is 6.10. The summed E-state index contributed by atoms with van der Waals surface area (Å²) in [6.07, 6.45) is 0. The molecule has 0 fully saturated rings. The van der Waals surface area contributed by atoms with Crippen LogP contribution in [0.15, 0.2) is 12.1 Å². The Morgan fingerprint density at radius 3 is 1.26 bits per heavy atom. The third-order valence-electron chi connectivity index (χ3n) is 2.06. The quantitative estimate of drug-likeness (QED) is 0.523. The van der Waals surface area contributed by atoms with Crippen LogP contribution in [0.4, 0.5) is 0 Å². The van der Waals surface area contributed by atoms with Crippen LogP contribution in [0.5, 0.6) is 0 Å². The van der Waals surface area contributed by atoms with Crippen LogP contribution in [0.25, 0.3) is 0 Å². The first-order chi connectivity index (χ1) is 8.25. The van der Waals surface area contributed by atoms with Gasteiger partial charge in [-0.2, -0.15) is 0 Å². The molecule has 1 aromatic carbocycles. The summed E-state index contributed by atoms with van der Waals surface area (Å²) in [6, 6.07) is 1.20. The molecule has 0 bridgehead atoms. The van der Waals surface area contributed by atoms with Gasteiger partial charge in [-0.15, -0.1) is 0 Å². The molecular formula is C10H9NO8. The van der Waals surface area contributed by atoms with Crippen LogP contribution in [0.3, 0.4) is 0 Å². The van der Waals surface area contributed by atoms with E-state index in [2.05, 4.69) is 0 Å². The van der Waals surface area contributed by atoms with E-state index in [1.54, 1.807) is 0 Å². The zero-order chi connectivity index (χ0) is 14.0. The van der Waals surface area contributed by atoms with Crippen LogP contribution < -0.4 is 6.15 Å². The minimum atomic E-state index is -1.76. The van der Waals surface area contributed by atoms with Crippen LogP contribution in [0, 0.1) is 0 Å². The number of carboxylic acids is 4. The van der Waals surface area contributed by atoms with E-state index in [0.29, 0.717) is 12.1 Å². The molecule has 19 heavy (non-hydrogen) atoms. The van der Waals surface area contributed by atoms with Crippen LogP contribution in [-0.4, -0.2) is 44.3 Å². The minimum Gasteiger partial charge on any atom is -0.478 e. The molecule has 1 aromatic rings. The molecule has 0 saturated heterocycles. The molecule has 0 aliphatic rings. The highest BCUT2D eigenvalue weighted by Crippen LogP contribution is 2.19. The summed E-state index contributed by atoms with van der Waals surface area (Å²) in [7, 11) is 0. The molecule has 0 radical (unpaired) electrons. The van der Waals surface area contributed by atoms with E-state index >= 15 is 0 Å². The molecule has 0 spiro atoms. The lowest BCUT2D eigenvalue weighted by Crippen LogP contribution is -2.16. The van der Waals surface area contributed by atoms with Gasteiger partial charge in [0.1, 0.15) is 0 Å². The van der Waals surface area contributed by atoms with E-state index in [0.717, 1.165) is 0 Å². The van der Waals surface area contributed by atoms with Crippen molar-refractivity contribution >= 4 is 23.9 Å². The summed E-state index contributed by atoms with van der Waals surface area (Å²) in [5.74, 6) is -6.77. The molecule has 0 saturated carbocycles. The topological polar surface area (TPSA) is 184 Å². The third-order valence-corrected chi connectivity index (χ3v) is 2.06. The average molecular weight is 271 g/mol. The number of carbonyl (C=O) groups is 4. The molecule has 0 aromatic heterocycles. The van der Waals surface area contributed by atoms with E-state index in [1.807, 2.05) is 0 Å². The molecule has 0 aliphatic carbocycles. The Labute approximate surface area is 105 Å². The second-order valence-electron chi connectivity index (χ2n) is 3.17. The maximum absolute atomic E-state index is 10.9. The predicted molar refractivity (Wildman–Crippen MR) is 59.3 cm³/mol. The summed E-state index contributed by atoms with van der Waals surface area (Å²) in [5, 5.41) is 35.0. The van der Waals surface area contributed by atoms with Crippen molar-refractivity contribution in [2.75, 3.05) is 0 Å². The van der Waals surface area contributed by atoms with Gasteiger partial charge in [-0.25, -0.2) is 19.2 Å². The van der Waals surface area contributed by atoms with E-state index in [9.17, 15) is 19.2 Å². The number of hydrogen-bond donors (Lipinski definition) is 5. The van der Waals surface area contributed by atoms with Gasteiger partial charge in [0.2, 0.25) is 0 Å². The van der Waals surface area contributed by atoms with Crippen molar-refractivity contribution in [2.24, 2.45) is 0 Å². The van der Waals surface area contributed by atoms with Crippen molar-refractivity contribution in [1.82, 2.24) is 6.15 Å². The maximum atomic E-state index is 10.9. The van der Waals surface area contributed by atoms with E-state index in [1.165, 1.54) is 0 Å². The Kier molecular flexibility index (Phi) is 4.73. The Morgan fingerprint density at radius 1 is 0.684 bits per heavy atom. The van der Waals surface area contributed by atoms with Crippen molar-refractivity contribution in [3.63, 3.8) is 0 Å². The van der Waals surface area contributed by atoms with E-state index < -0.39 is 46.1 Å². The lowest BCUT2D eigenvalue weighted by atomic mass is 9.97. The molecular weight excluding hydrogens is 262 g/mol. The summed E-state index contributed by atoms with van der Waals surface area (Å²) in [6.45, 7) is 0. The Bertz CT molecular complexity index is 542. The van der Waals surface area contributed by atoms with Gasteiger partial charge < -0.3 is 26.6 Å². The fourth-order valence-corrected chi connectivity index (χ4v) is 1.33. The van der Waals surface area contributed by atoms with E-state index in [-0.39, 0.29) is 6.15 Å². The normalized spacial score (nSPS) is 9.26. The molecule has 102 valence electrons. The monoisotopic (exact) mass is 271 g/mol. The number of carboxylic acid groups (broad SMARTS) is 4. The first kappa shape index (κ1) is 16.1. The van der Waals surface area contributed by atoms with Crippen LogP contribution in [0.1, 0.15) is 41.4 Å². The molecule has 7 N–H and O–H groups in total. The average Bonchev–Trinajstić information content (AvgIpc) is 2.26. The summed E-state index contributed by atoms with van der Waals surface area (Å²) in [5.41, 5.74) is -3.35. The van der Waals surface area contributed by atoms with Gasteiger partial charge in [0.25, 0.3) is 0 Å². The Morgan fingerprint density at radius 2 is 1.05 bits per heavy atom. The highest BCUT2D eigenvalue weighted by atomic mass is 16.4. The molecule has 1 rings (SSSR count). The van der Waals surface area contributed by atoms with Crippen LogP contribution in [-0.2, 0) is 0 Å². The van der Waals surface area contributed by atoms with Crippen LogP contribution >= 0.6 is 0 Å². The molecule has 0 atom stereocenters. The zero-order valence-corrected chi connectivity index (χ0v) is 9.28. The Balaban J connectivity index is 0.00000324. The fourth-order valence-electron chi connectivity index (χ4n) is 1.33. The van der Waals surface area contributed by atoms with Gasteiger partial charge in [-0.05, 0) is 12.1 Å². The lowest BCUT2D eigenvalue weighted by Gasteiger charge is -2.07. The highest BCUT2D eigenvalue weighted by Gasteiger charge is 2.26. The molecule has 0 unspecified atom stereocenters. The van der Waals surface area contributed by atoms with Crippen molar-refractivity contribution in [2.45, 2.75) is 0 Å². The van der Waals surface area contributed by atoms with Gasteiger partial charge in [0.05, 0.1) is 22.3 Å². The van der Waals surface area contributed by atoms with Gasteiger partial charge in [-0.1, -0.05) is 0 Å².